The highest BCUT2D eigenvalue weighted by Crippen LogP contribution is 1.82. The maximum absolute atomic E-state index is 10.6. The van der Waals surface area contributed by atoms with Crippen LogP contribution in [0.5, 0.6) is 0 Å². The summed E-state index contributed by atoms with van der Waals surface area (Å²) in [6.07, 6.45) is 7.03. The topological polar surface area (TPSA) is 50.1 Å². The van der Waals surface area contributed by atoms with Crippen LogP contribution in [0.4, 0.5) is 0 Å². The number of rotatable bonds is 4. The molecule has 0 bridgehead atoms. The first kappa shape index (κ1) is 10.2. The molecule has 0 aliphatic heterocycles. The van der Waals surface area contributed by atoms with Crippen LogP contribution in [-0.2, 0) is 9.53 Å². The molecular formula is C9H9NO2. The van der Waals surface area contributed by atoms with E-state index >= 15 is 0 Å². The average Bonchev–Trinajstić information content (AvgIpc) is 2.09. The van der Waals surface area contributed by atoms with Gasteiger partial charge in [-0.25, -0.2) is 4.79 Å². The van der Waals surface area contributed by atoms with E-state index in [0.29, 0.717) is 0 Å². The highest BCUT2D eigenvalue weighted by Gasteiger charge is 1.91. The van der Waals surface area contributed by atoms with Crippen molar-refractivity contribution < 1.29 is 9.53 Å². The van der Waals surface area contributed by atoms with Gasteiger partial charge in [0.1, 0.15) is 6.61 Å². The van der Waals surface area contributed by atoms with Crippen LogP contribution in [0.15, 0.2) is 37.0 Å². The number of hydrogen-bond acceptors (Lipinski definition) is 3. The van der Waals surface area contributed by atoms with Crippen LogP contribution in [0, 0.1) is 11.3 Å². The predicted octanol–water partition coefficient (Wildman–Crippen LogP) is 1.35. The van der Waals surface area contributed by atoms with Gasteiger partial charge in [0.05, 0.1) is 6.07 Å². The predicted molar refractivity (Wildman–Crippen MR) is 45.0 cm³/mol. The molecule has 3 nitrogen and oxygen atoms in total. The Kier molecular flexibility index (Phi) is 6.18. The highest BCUT2D eigenvalue weighted by atomic mass is 16.5. The van der Waals surface area contributed by atoms with Crippen LogP contribution in [0.2, 0.25) is 0 Å². The van der Waals surface area contributed by atoms with Crippen molar-refractivity contribution in [2.24, 2.45) is 0 Å². The normalized spacial score (nSPS) is 9.92. The quantitative estimate of drug-likeness (QED) is 0.272. The van der Waals surface area contributed by atoms with Gasteiger partial charge in [-0.1, -0.05) is 18.7 Å². The van der Waals surface area contributed by atoms with Crippen LogP contribution in [0.1, 0.15) is 0 Å². The van der Waals surface area contributed by atoms with Gasteiger partial charge < -0.3 is 4.74 Å². The monoisotopic (exact) mass is 163 g/mol. The Labute approximate surface area is 71.3 Å². The molecule has 12 heavy (non-hydrogen) atoms. The van der Waals surface area contributed by atoms with Crippen LogP contribution in [-0.4, -0.2) is 12.6 Å². The minimum atomic E-state index is -0.523. The third-order valence-corrected chi connectivity index (χ3v) is 0.888. The summed E-state index contributed by atoms with van der Waals surface area (Å²) < 4.78 is 4.63. The second kappa shape index (κ2) is 7.29. The Bertz CT molecular complexity index is 246. The maximum Gasteiger partial charge on any atom is 0.331 e. The van der Waals surface area contributed by atoms with E-state index in [0.717, 1.165) is 12.2 Å². The number of allylic oxidation sites excluding steroid dienone is 3. The average molecular weight is 163 g/mol. The molecule has 0 atom stereocenters. The lowest BCUT2D eigenvalue weighted by Gasteiger charge is -1.93. The summed E-state index contributed by atoms with van der Waals surface area (Å²) in [6.45, 7) is 3.64. The Morgan fingerprint density at radius 3 is 3.00 bits per heavy atom. The SMILES string of the molecule is C=C/C=C/COC(=O)/C=C/C#N. The summed E-state index contributed by atoms with van der Waals surface area (Å²) in [4.78, 5) is 10.6. The zero-order chi connectivity index (χ0) is 9.23. The lowest BCUT2D eigenvalue weighted by atomic mass is 10.5. The summed E-state index contributed by atoms with van der Waals surface area (Å²) in [5, 5.41) is 8.05. The van der Waals surface area contributed by atoms with Crippen molar-refractivity contribution in [1.29, 1.82) is 5.26 Å². The molecule has 0 aromatic rings. The molecule has 0 saturated carbocycles. The van der Waals surface area contributed by atoms with E-state index in [4.69, 9.17) is 5.26 Å². The van der Waals surface area contributed by atoms with Gasteiger partial charge in [-0.15, -0.1) is 0 Å². The summed E-state index contributed by atoms with van der Waals surface area (Å²) in [6, 6.07) is 1.68. The molecule has 0 unspecified atom stereocenters. The summed E-state index contributed by atoms with van der Waals surface area (Å²) in [5.41, 5.74) is 0. The number of esters is 1. The molecule has 0 heterocycles. The van der Waals surface area contributed by atoms with Crippen molar-refractivity contribution >= 4 is 5.97 Å². The van der Waals surface area contributed by atoms with E-state index in [1.54, 1.807) is 24.3 Å². The Balaban J connectivity index is 3.59. The van der Waals surface area contributed by atoms with Gasteiger partial charge in [0.25, 0.3) is 0 Å². The number of ether oxygens (including phenoxy) is 1. The first-order valence-electron chi connectivity index (χ1n) is 3.31. The number of nitrogens with zero attached hydrogens (tertiary/aromatic N) is 1. The van der Waals surface area contributed by atoms with Gasteiger partial charge in [0.15, 0.2) is 0 Å². The van der Waals surface area contributed by atoms with Crippen LogP contribution >= 0.6 is 0 Å². The van der Waals surface area contributed by atoms with Crippen molar-refractivity contribution in [3.63, 3.8) is 0 Å². The number of nitriles is 1. The van der Waals surface area contributed by atoms with Crippen LogP contribution in [0.25, 0.3) is 0 Å². The maximum atomic E-state index is 10.6. The molecule has 0 spiro atoms. The van der Waals surface area contributed by atoms with Gasteiger partial charge in [-0.05, 0) is 6.08 Å². The lowest BCUT2D eigenvalue weighted by molar-refractivity contribution is -0.136. The molecule has 0 fully saturated rings. The van der Waals surface area contributed by atoms with E-state index in [9.17, 15) is 4.79 Å². The molecule has 0 rings (SSSR count). The second-order valence-electron chi connectivity index (χ2n) is 1.76. The molecule has 0 aromatic carbocycles. The third-order valence-electron chi connectivity index (χ3n) is 0.888. The van der Waals surface area contributed by atoms with Crippen molar-refractivity contribution in [3.8, 4) is 6.07 Å². The van der Waals surface area contributed by atoms with E-state index in [1.807, 2.05) is 0 Å². The number of hydrogen-bond donors (Lipinski definition) is 0. The van der Waals surface area contributed by atoms with E-state index < -0.39 is 5.97 Å². The van der Waals surface area contributed by atoms with Gasteiger partial charge in [-0.3, -0.25) is 0 Å². The number of carbonyl (C=O) groups excluding carboxylic acids is 1. The Morgan fingerprint density at radius 1 is 1.67 bits per heavy atom. The smallest absolute Gasteiger partial charge is 0.331 e. The molecule has 0 aliphatic carbocycles. The molecular weight excluding hydrogens is 154 g/mol. The Hall–Kier alpha value is -1.82. The van der Waals surface area contributed by atoms with E-state index in [-0.39, 0.29) is 6.61 Å². The van der Waals surface area contributed by atoms with Gasteiger partial charge in [-0.2, -0.15) is 5.26 Å². The second-order valence-corrected chi connectivity index (χ2v) is 1.76. The van der Waals surface area contributed by atoms with Crippen molar-refractivity contribution in [2.75, 3.05) is 6.61 Å². The third kappa shape index (κ3) is 6.30. The summed E-state index contributed by atoms with van der Waals surface area (Å²) in [5.74, 6) is -0.523. The minimum Gasteiger partial charge on any atom is -0.458 e. The van der Waals surface area contributed by atoms with Gasteiger partial charge >= 0.3 is 5.97 Å². The van der Waals surface area contributed by atoms with Crippen LogP contribution < -0.4 is 0 Å². The largest absolute Gasteiger partial charge is 0.458 e. The zero-order valence-corrected chi connectivity index (χ0v) is 6.56. The van der Waals surface area contributed by atoms with E-state index in [1.165, 1.54) is 0 Å². The lowest BCUT2D eigenvalue weighted by Crippen LogP contribution is -1.99. The summed E-state index contributed by atoms with van der Waals surface area (Å²) in [7, 11) is 0. The standard InChI is InChI=1S/C9H9NO2/c1-2-3-4-8-12-9(11)6-5-7-10/h2-6H,1,8H2/b4-3+,6-5+. The fourth-order valence-corrected chi connectivity index (χ4v) is 0.435. The van der Waals surface area contributed by atoms with Crippen molar-refractivity contribution in [2.45, 2.75) is 0 Å². The number of carbonyl (C=O) groups is 1. The molecule has 3 heteroatoms. The van der Waals surface area contributed by atoms with Crippen molar-refractivity contribution in [3.05, 3.63) is 37.0 Å². The first-order valence-corrected chi connectivity index (χ1v) is 3.31. The van der Waals surface area contributed by atoms with Gasteiger partial charge in [0, 0.05) is 12.2 Å². The fraction of sp³-hybridized carbons (Fsp3) is 0.111. The highest BCUT2D eigenvalue weighted by molar-refractivity contribution is 5.82. The zero-order valence-electron chi connectivity index (χ0n) is 6.56. The fourth-order valence-electron chi connectivity index (χ4n) is 0.435. The van der Waals surface area contributed by atoms with Crippen molar-refractivity contribution in [1.82, 2.24) is 0 Å². The molecule has 62 valence electrons. The summed E-state index contributed by atoms with van der Waals surface area (Å²) >= 11 is 0. The van der Waals surface area contributed by atoms with Gasteiger partial charge in [0.2, 0.25) is 0 Å². The molecule has 0 amide bonds. The van der Waals surface area contributed by atoms with Crippen LogP contribution in [0.3, 0.4) is 0 Å². The molecule has 0 N–H and O–H groups in total. The Morgan fingerprint density at radius 2 is 2.42 bits per heavy atom. The van der Waals surface area contributed by atoms with E-state index in [2.05, 4.69) is 11.3 Å². The molecule has 0 aliphatic rings. The molecule has 0 saturated heterocycles. The minimum absolute atomic E-state index is 0.195. The molecule has 0 aromatic heterocycles. The molecule has 0 radical (unpaired) electrons. The first-order chi connectivity index (χ1) is 5.81.